The molecule has 0 aromatic heterocycles. The zero-order chi connectivity index (χ0) is 20.7. The molecule has 1 aliphatic rings. The number of methoxy groups -OCH3 is 1. The molecule has 1 fully saturated rings. The maximum atomic E-state index is 12.6. The van der Waals surface area contributed by atoms with E-state index in [1.807, 2.05) is 19.9 Å². The van der Waals surface area contributed by atoms with Gasteiger partial charge in [-0.1, -0.05) is 6.07 Å². The molecule has 1 aliphatic heterocycles. The number of rotatable bonds is 8. The van der Waals surface area contributed by atoms with Gasteiger partial charge < -0.3 is 14.4 Å². The standard InChI is InChI=1S/C19H21N3O5S/c1-4-21(5-2)17(23)12-22-18(24)16(28-19(22)25)11-13-6-7-14(27-9-8-20)15(10-13)26-3/h6-7,10-11H,4-5,9,12H2,1-3H3/b16-11-. The van der Waals surface area contributed by atoms with Crippen molar-refractivity contribution in [2.75, 3.05) is 33.4 Å². The zero-order valence-corrected chi connectivity index (χ0v) is 16.7. The molecule has 1 heterocycles. The molecule has 148 valence electrons. The van der Waals surface area contributed by atoms with Crippen LogP contribution in [0.3, 0.4) is 0 Å². The summed E-state index contributed by atoms with van der Waals surface area (Å²) in [5.41, 5.74) is 0.627. The van der Waals surface area contributed by atoms with Crippen LogP contribution >= 0.6 is 11.8 Å². The number of thioether (sulfide) groups is 1. The molecule has 0 saturated carbocycles. The largest absolute Gasteiger partial charge is 0.493 e. The third-order valence-electron chi connectivity index (χ3n) is 4.06. The van der Waals surface area contributed by atoms with E-state index >= 15 is 0 Å². The number of hydrogen-bond acceptors (Lipinski definition) is 7. The Morgan fingerprint density at radius 2 is 2.00 bits per heavy atom. The number of carbonyl (C=O) groups is 3. The summed E-state index contributed by atoms with van der Waals surface area (Å²) in [5.74, 6) is 0.0348. The topological polar surface area (TPSA) is 99.9 Å². The number of benzene rings is 1. The highest BCUT2D eigenvalue weighted by molar-refractivity contribution is 8.18. The number of likely N-dealkylation sites (N-methyl/N-ethyl adjacent to an activating group) is 1. The highest BCUT2D eigenvalue weighted by Gasteiger charge is 2.36. The van der Waals surface area contributed by atoms with Crippen LogP contribution in [-0.2, 0) is 9.59 Å². The first kappa shape index (κ1) is 21.3. The minimum absolute atomic E-state index is 0.116. The molecule has 2 rings (SSSR count). The fourth-order valence-corrected chi connectivity index (χ4v) is 3.44. The van der Waals surface area contributed by atoms with Crippen molar-refractivity contribution >= 4 is 34.9 Å². The molecule has 1 aromatic rings. The lowest BCUT2D eigenvalue weighted by Gasteiger charge is -2.21. The van der Waals surface area contributed by atoms with Crippen LogP contribution in [0.1, 0.15) is 19.4 Å². The summed E-state index contributed by atoms with van der Waals surface area (Å²) in [6.45, 7) is 4.32. The van der Waals surface area contributed by atoms with E-state index in [0.717, 1.165) is 16.7 Å². The van der Waals surface area contributed by atoms with Gasteiger partial charge in [0.1, 0.15) is 12.6 Å². The Bertz CT molecular complexity index is 842. The van der Waals surface area contributed by atoms with E-state index in [1.165, 1.54) is 7.11 Å². The van der Waals surface area contributed by atoms with E-state index in [2.05, 4.69) is 0 Å². The number of nitrogens with zero attached hydrogens (tertiary/aromatic N) is 3. The van der Waals surface area contributed by atoms with Crippen molar-refractivity contribution < 1.29 is 23.9 Å². The molecule has 1 saturated heterocycles. The van der Waals surface area contributed by atoms with Gasteiger partial charge >= 0.3 is 0 Å². The van der Waals surface area contributed by atoms with Crippen LogP contribution in [0.4, 0.5) is 4.79 Å². The highest BCUT2D eigenvalue weighted by Crippen LogP contribution is 2.34. The number of amides is 3. The molecule has 0 bridgehead atoms. The van der Waals surface area contributed by atoms with Gasteiger partial charge in [-0.05, 0) is 49.4 Å². The van der Waals surface area contributed by atoms with Gasteiger partial charge in [0.15, 0.2) is 18.1 Å². The van der Waals surface area contributed by atoms with Crippen molar-refractivity contribution in [1.29, 1.82) is 5.26 Å². The van der Waals surface area contributed by atoms with Gasteiger partial charge in [-0.2, -0.15) is 5.26 Å². The monoisotopic (exact) mass is 403 g/mol. The third kappa shape index (κ3) is 4.84. The normalized spacial score (nSPS) is 14.9. The van der Waals surface area contributed by atoms with Crippen LogP contribution in [0.5, 0.6) is 11.5 Å². The lowest BCUT2D eigenvalue weighted by Crippen LogP contribution is -2.41. The van der Waals surface area contributed by atoms with Crippen molar-refractivity contribution in [3.8, 4) is 17.6 Å². The van der Waals surface area contributed by atoms with Gasteiger partial charge in [-0.25, -0.2) is 0 Å². The van der Waals surface area contributed by atoms with E-state index in [-0.39, 0.29) is 24.0 Å². The minimum Gasteiger partial charge on any atom is -0.493 e. The molecule has 28 heavy (non-hydrogen) atoms. The predicted molar refractivity (Wildman–Crippen MR) is 105 cm³/mol. The number of nitriles is 1. The van der Waals surface area contributed by atoms with Crippen LogP contribution in [0.2, 0.25) is 0 Å². The number of carbonyl (C=O) groups excluding carboxylic acids is 3. The molecule has 0 atom stereocenters. The number of ether oxygens (including phenoxy) is 2. The molecule has 3 amide bonds. The van der Waals surface area contributed by atoms with E-state index in [9.17, 15) is 14.4 Å². The summed E-state index contributed by atoms with van der Waals surface area (Å²) in [7, 11) is 1.46. The Morgan fingerprint density at radius 1 is 1.29 bits per heavy atom. The molecule has 1 aromatic carbocycles. The average molecular weight is 403 g/mol. The summed E-state index contributed by atoms with van der Waals surface area (Å²) in [4.78, 5) is 39.7. The van der Waals surface area contributed by atoms with Gasteiger partial charge in [0.05, 0.1) is 12.0 Å². The summed E-state index contributed by atoms with van der Waals surface area (Å²) in [5, 5.41) is 8.14. The number of hydrogen-bond donors (Lipinski definition) is 0. The Balaban J connectivity index is 2.19. The van der Waals surface area contributed by atoms with E-state index < -0.39 is 11.1 Å². The van der Waals surface area contributed by atoms with Gasteiger partial charge in [-0.15, -0.1) is 0 Å². The average Bonchev–Trinajstić information content (AvgIpc) is 2.95. The third-order valence-corrected chi connectivity index (χ3v) is 4.97. The molecule has 0 aliphatic carbocycles. The van der Waals surface area contributed by atoms with Crippen molar-refractivity contribution in [2.24, 2.45) is 0 Å². The Kier molecular flexibility index (Phi) is 7.46. The maximum Gasteiger partial charge on any atom is 0.294 e. The fourth-order valence-electron chi connectivity index (χ4n) is 2.60. The first-order valence-electron chi connectivity index (χ1n) is 8.66. The SMILES string of the molecule is CCN(CC)C(=O)CN1C(=O)S/C(=C\c2ccc(OCC#N)c(OC)c2)C1=O. The molecular weight excluding hydrogens is 382 g/mol. The molecule has 0 unspecified atom stereocenters. The van der Waals surface area contributed by atoms with E-state index in [4.69, 9.17) is 14.7 Å². The Labute approximate surface area is 167 Å². The zero-order valence-electron chi connectivity index (χ0n) is 15.9. The van der Waals surface area contributed by atoms with Crippen molar-refractivity contribution in [3.63, 3.8) is 0 Å². The second-order valence-corrected chi connectivity index (χ2v) is 6.68. The Hall–Kier alpha value is -2.99. The van der Waals surface area contributed by atoms with Crippen molar-refractivity contribution in [1.82, 2.24) is 9.80 Å². The molecule has 0 radical (unpaired) electrons. The van der Waals surface area contributed by atoms with Gasteiger partial charge in [0.25, 0.3) is 11.1 Å². The highest BCUT2D eigenvalue weighted by atomic mass is 32.2. The molecule has 8 nitrogen and oxygen atoms in total. The summed E-state index contributed by atoms with van der Waals surface area (Å²) in [6, 6.07) is 6.82. The number of imide groups is 1. The fraction of sp³-hybridized carbons (Fsp3) is 0.368. The molecular formula is C19H21N3O5S. The maximum absolute atomic E-state index is 12.6. The van der Waals surface area contributed by atoms with Crippen LogP contribution in [-0.4, -0.2) is 60.2 Å². The van der Waals surface area contributed by atoms with Crippen LogP contribution in [0, 0.1) is 11.3 Å². The smallest absolute Gasteiger partial charge is 0.294 e. The second kappa shape index (κ2) is 9.80. The summed E-state index contributed by atoms with van der Waals surface area (Å²) < 4.78 is 10.5. The van der Waals surface area contributed by atoms with Crippen LogP contribution in [0.25, 0.3) is 6.08 Å². The van der Waals surface area contributed by atoms with Crippen molar-refractivity contribution in [2.45, 2.75) is 13.8 Å². The van der Waals surface area contributed by atoms with Crippen LogP contribution < -0.4 is 9.47 Å². The van der Waals surface area contributed by atoms with E-state index in [1.54, 1.807) is 29.2 Å². The summed E-state index contributed by atoms with van der Waals surface area (Å²) in [6.07, 6.45) is 1.56. The lowest BCUT2D eigenvalue weighted by atomic mass is 10.2. The first-order valence-corrected chi connectivity index (χ1v) is 9.47. The van der Waals surface area contributed by atoms with Crippen LogP contribution in [0.15, 0.2) is 23.1 Å². The quantitative estimate of drug-likeness (QED) is 0.615. The van der Waals surface area contributed by atoms with Gasteiger partial charge in [0.2, 0.25) is 5.91 Å². The van der Waals surface area contributed by atoms with Gasteiger partial charge in [0, 0.05) is 13.1 Å². The predicted octanol–water partition coefficient (Wildman–Crippen LogP) is 2.50. The summed E-state index contributed by atoms with van der Waals surface area (Å²) >= 11 is 0.790. The second-order valence-electron chi connectivity index (χ2n) is 5.69. The lowest BCUT2D eigenvalue weighted by molar-refractivity contribution is -0.135. The molecule has 9 heteroatoms. The van der Waals surface area contributed by atoms with Crippen molar-refractivity contribution in [3.05, 3.63) is 28.7 Å². The first-order chi connectivity index (χ1) is 13.4. The Morgan fingerprint density at radius 3 is 2.61 bits per heavy atom. The van der Waals surface area contributed by atoms with Gasteiger partial charge in [-0.3, -0.25) is 19.3 Å². The molecule has 0 N–H and O–H groups in total. The van der Waals surface area contributed by atoms with E-state index in [0.29, 0.717) is 30.2 Å². The minimum atomic E-state index is -0.501. The molecule has 0 spiro atoms.